The van der Waals surface area contributed by atoms with Crippen LogP contribution in [-0.2, 0) is 4.79 Å². The Bertz CT molecular complexity index is 1160. The summed E-state index contributed by atoms with van der Waals surface area (Å²) in [6.07, 6.45) is 2.99. The summed E-state index contributed by atoms with van der Waals surface area (Å²) < 4.78 is 19.8. The molecule has 2 aromatic carbocycles. The van der Waals surface area contributed by atoms with Gasteiger partial charge in [-0.2, -0.15) is 0 Å². The van der Waals surface area contributed by atoms with Crippen molar-refractivity contribution in [2.45, 2.75) is 6.92 Å². The normalized spacial score (nSPS) is 10.7. The molecule has 4 aromatic rings. The number of carbonyl (C=O) groups excluding carboxylic acids is 1. The summed E-state index contributed by atoms with van der Waals surface area (Å²) in [5.74, 6) is -0.420. The average molecular weight is 453 g/mol. The van der Waals surface area contributed by atoms with Crippen molar-refractivity contribution in [2.75, 3.05) is 4.90 Å². The van der Waals surface area contributed by atoms with Gasteiger partial charge in [-0.15, -0.1) is 0 Å². The third-order valence-corrected chi connectivity index (χ3v) is 4.91. The summed E-state index contributed by atoms with van der Waals surface area (Å²) in [5, 5.41) is 4.18. The maximum absolute atomic E-state index is 13.4. The van der Waals surface area contributed by atoms with E-state index in [4.69, 9.17) is 4.52 Å². The molecular formula is C21H14BrFN4O2. The van der Waals surface area contributed by atoms with Gasteiger partial charge < -0.3 is 4.52 Å². The Morgan fingerprint density at radius 2 is 1.86 bits per heavy atom. The Hall–Kier alpha value is -3.39. The molecule has 0 saturated heterocycles. The number of hydrogen-bond acceptors (Lipinski definition) is 5. The summed E-state index contributed by atoms with van der Waals surface area (Å²) >= 11 is 3.48. The molecule has 0 aliphatic heterocycles. The lowest BCUT2D eigenvalue weighted by Gasteiger charge is -2.20. The molecule has 144 valence electrons. The second-order valence-electron chi connectivity index (χ2n) is 6.12. The second-order valence-corrected chi connectivity index (χ2v) is 6.97. The number of rotatable bonds is 4. The summed E-state index contributed by atoms with van der Waals surface area (Å²) in [7, 11) is 0. The van der Waals surface area contributed by atoms with Crippen molar-refractivity contribution in [2.24, 2.45) is 0 Å². The minimum Gasteiger partial charge on any atom is -0.336 e. The van der Waals surface area contributed by atoms with Gasteiger partial charge in [0.1, 0.15) is 17.8 Å². The lowest BCUT2D eigenvalue weighted by Crippen LogP contribution is -2.23. The van der Waals surface area contributed by atoms with E-state index in [0.717, 1.165) is 0 Å². The smallest absolute Gasteiger partial charge is 0.248 e. The van der Waals surface area contributed by atoms with E-state index in [1.54, 1.807) is 30.5 Å². The van der Waals surface area contributed by atoms with Crippen molar-refractivity contribution < 1.29 is 13.7 Å². The number of para-hydroxylation sites is 1. The first-order valence-corrected chi connectivity index (χ1v) is 9.43. The van der Waals surface area contributed by atoms with Crippen molar-refractivity contribution in [3.8, 4) is 22.5 Å². The van der Waals surface area contributed by atoms with Gasteiger partial charge in [0.15, 0.2) is 0 Å². The minimum atomic E-state index is -0.361. The number of anilines is 2. The highest BCUT2D eigenvalue weighted by Gasteiger charge is 2.29. The fourth-order valence-electron chi connectivity index (χ4n) is 2.96. The van der Waals surface area contributed by atoms with Crippen LogP contribution in [0.2, 0.25) is 0 Å². The second kappa shape index (κ2) is 7.92. The highest BCUT2D eigenvalue weighted by atomic mass is 79.9. The molecule has 0 bridgehead atoms. The van der Waals surface area contributed by atoms with Crippen LogP contribution in [0, 0.1) is 5.82 Å². The average Bonchev–Trinajstić information content (AvgIpc) is 3.15. The van der Waals surface area contributed by atoms with E-state index >= 15 is 0 Å². The van der Waals surface area contributed by atoms with Crippen LogP contribution in [0.4, 0.5) is 16.0 Å². The molecule has 0 atom stereocenters. The number of nitrogens with zero attached hydrogens (tertiary/aromatic N) is 4. The molecule has 29 heavy (non-hydrogen) atoms. The fourth-order valence-corrected chi connectivity index (χ4v) is 3.43. The Labute approximate surface area is 174 Å². The summed E-state index contributed by atoms with van der Waals surface area (Å²) in [5.41, 5.74) is 2.69. The van der Waals surface area contributed by atoms with Gasteiger partial charge in [-0.05, 0) is 58.4 Å². The first-order chi connectivity index (χ1) is 14.1. The van der Waals surface area contributed by atoms with Crippen molar-refractivity contribution >= 4 is 33.4 Å². The van der Waals surface area contributed by atoms with Crippen molar-refractivity contribution in [1.82, 2.24) is 15.1 Å². The van der Waals surface area contributed by atoms with Gasteiger partial charge in [0.25, 0.3) is 0 Å². The van der Waals surface area contributed by atoms with E-state index in [0.29, 0.717) is 32.7 Å². The molecule has 0 aliphatic rings. The third kappa shape index (κ3) is 3.66. The molecule has 8 heteroatoms. The Morgan fingerprint density at radius 1 is 1.10 bits per heavy atom. The predicted molar refractivity (Wildman–Crippen MR) is 110 cm³/mol. The zero-order chi connectivity index (χ0) is 20.4. The van der Waals surface area contributed by atoms with Gasteiger partial charge >= 0.3 is 0 Å². The van der Waals surface area contributed by atoms with Gasteiger partial charge in [0.2, 0.25) is 11.8 Å². The number of aromatic nitrogens is 3. The van der Waals surface area contributed by atoms with Crippen molar-refractivity contribution in [3.63, 3.8) is 0 Å². The molecule has 2 aromatic heterocycles. The van der Waals surface area contributed by atoms with Crippen LogP contribution in [-0.4, -0.2) is 21.0 Å². The molecule has 0 spiro atoms. The number of amides is 1. The zero-order valence-corrected chi connectivity index (χ0v) is 16.8. The molecule has 6 nitrogen and oxygen atoms in total. The largest absolute Gasteiger partial charge is 0.336 e. The molecule has 0 saturated carbocycles. The van der Waals surface area contributed by atoms with E-state index < -0.39 is 0 Å². The quantitative estimate of drug-likeness (QED) is 0.415. The zero-order valence-electron chi connectivity index (χ0n) is 15.2. The van der Waals surface area contributed by atoms with E-state index in [2.05, 4.69) is 31.1 Å². The molecule has 0 radical (unpaired) electrons. The summed E-state index contributed by atoms with van der Waals surface area (Å²) in [6, 6.07) is 14.8. The van der Waals surface area contributed by atoms with Gasteiger partial charge in [-0.1, -0.05) is 17.3 Å². The van der Waals surface area contributed by atoms with Gasteiger partial charge in [0, 0.05) is 23.2 Å². The number of hydrogen-bond donors (Lipinski definition) is 0. The highest BCUT2D eigenvalue weighted by Crippen LogP contribution is 2.42. The van der Waals surface area contributed by atoms with Crippen LogP contribution >= 0.6 is 15.9 Å². The van der Waals surface area contributed by atoms with Gasteiger partial charge in [0.05, 0.1) is 16.9 Å². The topological polar surface area (TPSA) is 72.1 Å². The van der Waals surface area contributed by atoms with Crippen LogP contribution in [0.15, 0.2) is 76.1 Å². The van der Waals surface area contributed by atoms with E-state index in [1.807, 2.05) is 18.2 Å². The molecule has 2 heterocycles. The lowest BCUT2D eigenvalue weighted by atomic mass is 10.0. The van der Waals surface area contributed by atoms with Crippen LogP contribution < -0.4 is 4.90 Å². The summed E-state index contributed by atoms with van der Waals surface area (Å²) in [4.78, 5) is 22.3. The molecule has 4 rings (SSSR count). The molecule has 1 amide bonds. The Kier molecular flexibility index (Phi) is 5.18. The molecule has 0 unspecified atom stereocenters. The monoisotopic (exact) mass is 452 g/mol. The number of halogens is 2. The van der Waals surface area contributed by atoms with Crippen molar-refractivity contribution in [1.29, 1.82) is 0 Å². The lowest BCUT2D eigenvalue weighted by molar-refractivity contribution is -0.116. The first-order valence-electron chi connectivity index (χ1n) is 8.63. The SMILES string of the molecule is CC(=O)N(c1ccccc1Br)c1onc(-c2ccc(F)cc2)c1-c1ccncn1. The van der Waals surface area contributed by atoms with Crippen LogP contribution in [0.3, 0.4) is 0 Å². The van der Waals surface area contributed by atoms with E-state index in [9.17, 15) is 9.18 Å². The molecule has 0 N–H and O–H groups in total. The minimum absolute atomic E-state index is 0.211. The Balaban J connectivity index is 1.97. The molecule has 0 aliphatic carbocycles. The van der Waals surface area contributed by atoms with Gasteiger partial charge in [-0.25, -0.2) is 19.3 Å². The predicted octanol–water partition coefficient (Wildman–Crippen LogP) is 5.38. The first kappa shape index (κ1) is 18.9. The molecule has 0 fully saturated rings. The molecular weight excluding hydrogens is 439 g/mol. The van der Waals surface area contributed by atoms with E-state index in [1.165, 1.54) is 30.3 Å². The Morgan fingerprint density at radius 3 is 2.52 bits per heavy atom. The third-order valence-electron chi connectivity index (χ3n) is 4.24. The standard InChI is InChI=1S/C21H14BrFN4O2/c1-13(28)27(18-5-3-2-4-16(18)22)21-19(17-10-11-24-12-25-17)20(26-29-21)14-6-8-15(23)9-7-14/h2-12H,1H3. The maximum Gasteiger partial charge on any atom is 0.248 e. The van der Waals surface area contributed by atoms with Gasteiger partial charge in [-0.3, -0.25) is 4.79 Å². The van der Waals surface area contributed by atoms with Crippen molar-refractivity contribution in [3.05, 3.63) is 77.4 Å². The van der Waals surface area contributed by atoms with E-state index in [-0.39, 0.29) is 17.6 Å². The highest BCUT2D eigenvalue weighted by molar-refractivity contribution is 9.10. The number of benzene rings is 2. The summed E-state index contributed by atoms with van der Waals surface area (Å²) in [6.45, 7) is 1.43. The van der Waals surface area contributed by atoms with Crippen LogP contribution in [0.5, 0.6) is 0 Å². The van der Waals surface area contributed by atoms with Crippen LogP contribution in [0.1, 0.15) is 6.92 Å². The maximum atomic E-state index is 13.4. The van der Waals surface area contributed by atoms with Crippen LogP contribution in [0.25, 0.3) is 22.5 Å². The fraction of sp³-hybridized carbons (Fsp3) is 0.0476. The number of carbonyl (C=O) groups is 1.